The van der Waals surface area contributed by atoms with Gasteiger partial charge in [-0.15, -0.1) is 0 Å². The van der Waals surface area contributed by atoms with E-state index >= 15 is 0 Å². The molecule has 0 aromatic heterocycles. The predicted octanol–water partition coefficient (Wildman–Crippen LogP) is 3.66. The van der Waals surface area contributed by atoms with Gasteiger partial charge in [0.2, 0.25) is 5.91 Å². The quantitative estimate of drug-likeness (QED) is 0.580. The summed E-state index contributed by atoms with van der Waals surface area (Å²) in [6.07, 6.45) is 4.75. The third-order valence-electron chi connectivity index (χ3n) is 4.00. The molecule has 0 atom stereocenters. The van der Waals surface area contributed by atoms with Crippen molar-refractivity contribution in [3.05, 3.63) is 65.5 Å². The number of hydrogen-bond acceptors (Lipinski definition) is 3. The van der Waals surface area contributed by atoms with Crippen LogP contribution in [0, 0.1) is 5.82 Å². The molecule has 4 nitrogen and oxygen atoms in total. The van der Waals surface area contributed by atoms with Crippen LogP contribution in [-0.2, 0) is 11.2 Å². The Bertz CT molecular complexity index is 755. The molecule has 1 amide bonds. The number of carbonyl (C=O) groups excluding carboxylic acids is 1. The highest BCUT2D eigenvalue weighted by atomic mass is 19.1. The average molecular weight is 356 g/mol. The third-order valence-corrected chi connectivity index (χ3v) is 4.00. The van der Waals surface area contributed by atoms with Crippen molar-refractivity contribution in [2.45, 2.75) is 12.8 Å². The minimum atomic E-state index is -0.449. The molecule has 2 rings (SSSR count). The topological polar surface area (TPSA) is 41.6 Å². The van der Waals surface area contributed by atoms with Gasteiger partial charge in [0, 0.05) is 32.4 Å². The summed E-state index contributed by atoms with van der Waals surface area (Å²) in [4.78, 5) is 13.9. The fourth-order valence-corrected chi connectivity index (χ4v) is 2.48. The number of amides is 1. The standard InChI is InChI=1S/C21H25FN2O2/c1-24(2)18-10-6-16(7-11-18)5-4-14-23-21(25)13-9-17-8-12-20(26-3)19(22)15-17/h6-13,15H,4-5,14H2,1-3H3,(H,23,25)/b13-9+. The number of nitrogens with one attached hydrogen (secondary N) is 1. The van der Waals surface area contributed by atoms with Gasteiger partial charge in [0.15, 0.2) is 11.6 Å². The number of nitrogens with zero attached hydrogens (tertiary/aromatic N) is 1. The highest BCUT2D eigenvalue weighted by molar-refractivity contribution is 5.91. The summed E-state index contributed by atoms with van der Waals surface area (Å²) >= 11 is 0. The van der Waals surface area contributed by atoms with Gasteiger partial charge in [0.05, 0.1) is 7.11 Å². The van der Waals surface area contributed by atoms with Gasteiger partial charge in [-0.2, -0.15) is 0 Å². The molecule has 0 saturated heterocycles. The molecule has 0 spiro atoms. The summed E-state index contributed by atoms with van der Waals surface area (Å²) in [7, 11) is 5.44. The van der Waals surface area contributed by atoms with Crippen molar-refractivity contribution in [2.24, 2.45) is 0 Å². The van der Waals surface area contributed by atoms with E-state index in [1.807, 2.05) is 14.1 Å². The van der Waals surface area contributed by atoms with Gasteiger partial charge in [-0.1, -0.05) is 18.2 Å². The van der Waals surface area contributed by atoms with Crippen LogP contribution in [0.5, 0.6) is 5.75 Å². The Morgan fingerprint density at radius 2 is 1.92 bits per heavy atom. The molecular weight excluding hydrogens is 331 g/mol. The largest absolute Gasteiger partial charge is 0.494 e. The Labute approximate surface area is 154 Å². The Kier molecular flexibility index (Phi) is 7.21. The van der Waals surface area contributed by atoms with E-state index in [-0.39, 0.29) is 11.7 Å². The van der Waals surface area contributed by atoms with E-state index in [0.717, 1.165) is 12.8 Å². The Hall–Kier alpha value is -2.82. The van der Waals surface area contributed by atoms with Crippen LogP contribution in [0.4, 0.5) is 10.1 Å². The van der Waals surface area contributed by atoms with Gasteiger partial charge < -0.3 is 15.0 Å². The minimum Gasteiger partial charge on any atom is -0.494 e. The number of hydrogen-bond donors (Lipinski definition) is 1. The summed E-state index contributed by atoms with van der Waals surface area (Å²) < 4.78 is 18.5. The van der Waals surface area contributed by atoms with Crippen LogP contribution in [0.3, 0.4) is 0 Å². The average Bonchev–Trinajstić information content (AvgIpc) is 2.64. The number of carbonyl (C=O) groups is 1. The van der Waals surface area contributed by atoms with Gasteiger partial charge in [-0.25, -0.2) is 4.39 Å². The van der Waals surface area contributed by atoms with Gasteiger partial charge in [0.1, 0.15) is 0 Å². The molecule has 0 fully saturated rings. The van der Waals surface area contributed by atoms with E-state index in [1.165, 1.54) is 36.6 Å². The summed E-state index contributed by atoms with van der Waals surface area (Å²) in [6, 6.07) is 13.0. The number of aryl methyl sites for hydroxylation is 1. The van der Waals surface area contributed by atoms with Crippen molar-refractivity contribution in [3.63, 3.8) is 0 Å². The van der Waals surface area contributed by atoms with Crippen LogP contribution in [-0.4, -0.2) is 33.7 Å². The number of methoxy groups -OCH3 is 1. The molecule has 2 aromatic rings. The van der Waals surface area contributed by atoms with E-state index in [1.54, 1.807) is 12.1 Å². The maximum atomic E-state index is 13.6. The molecule has 0 saturated carbocycles. The first-order valence-electron chi connectivity index (χ1n) is 8.55. The predicted molar refractivity (Wildman–Crippen MR) is 104 cm³/mol. The molecular formula is C21H25FN2O2. The first-order valence-corrected chi connectivity index (χ1v) is 8.55. The van der Waals surface area contributed by atoms with Crippen LogP contribution in [0.25, 0.3) is 6.08 Å². The van der Waals surface area contributed by atoms with E-state index in [2.05, 4.69) is 34.5 Å². The third kappa shape index (κ3) is 5.92. The highest BCUT2D eigenvalue weighted by Gasteiger charge is 2.02. The number of anilines is 1. The zero-order valence-corrected chi connectivity index (χ0v) is 15.5. The van der Waals surface area contributed by atoms with Gasteiger partial charge >= 0.3 is 0 Å². The van der Waals surface area contributed by atoms with Crippen LogP contribution in [0.1, 0.15) is 17.5 Å². The van der Waals surface area contributed by atoms with Crippen LogP contribution < -0.4 is 15.0 Å². The second-order valence-electron chi connectivity index (χ2n) is 6.18. The molecule has 2 aromatic carbocycles. The van der Waals surface area contributed by atoms with Crippen molar-refractivity contribution >= 4 is 17.7 Å². The molecule has 0 aliphatic rings. The molecule has 0 unspecified atom stereocenters. The number of ether oxygens (including phenoxy) is 1. The smallest absolute Gasteiger partial charge is 0.243 e. The number of rotatable bonds is 8. The van der Waals surface area contributed by atoms with Crippen LogP contribution in [0.2, 0.25) is 0 Å². The van der Waals surface area contributed by atoms with Crippen molar-refractivity contribution in [1.82, 2.24) is 5.32 Å². The lowest BCUT2D eigenvalue weighted by molar-refractivity contribution is -0.116. The molecule has 0 radical (unpaired) electrons. The number of benzene rings is 2. The second kappa shape index (κ2) is 9.61. The molecule has 26 heavy (non-hydrogen) atoms. The first kappa shape index (κ1) is 19.5. The Balaban J connectivity index is 1.74. The van der Waals surface area contributed by atoms with E-state index in [4.69, 9.17) is 4.74 Å². The van der Waals surface area contributed by atoms with E-state index < -0.39 is 5.82 Å². The fourth-order valence-electron chi connectivity index (χ4n) is 2.48. The van der Waals surface area contributed by atoms with Crippen molar-refractivity contribution in [2.75, 3.05) is 32.6 Å². The SMILES string of the molecule is COc1ccc(/C=C/C(=O)NCCCc2ccc(N(C)C)cc2)cc1F. The highest BCUT2D eigenvalue weighted by Crippen LogP contribution is 2.18. The molecule has 1 N–H and O–H groups in total. The normalized spacial score (nSPS) is 10.8. The van der Waals surface area contributed by atoms with Crippen molar-refractivity contribution in [3.8, 4) is 5.75 Å². The van der Waals surface area contributed by atoms with Crippen molar-refractivity contribution in [1.29, 1.82) is 0 Å². The maximum Gasteiger partial charge on any atom is 0.243 e. The van der Waals surface area contributed by atoms with E-state index in [9.17, 15) is 9.18 Å². The molecule has 5 heteroatoms. The molecule has 138 valence electrons. The molecule has 0 aliphatic carbocycles. The lowest BCUT2D eigenvalue weighted by Gasteiger charge is -2.12. The summed E-state index contributed by atoms with van der Waals surface area (Å²) in [5, 5.41) is 2.84. The monoisotopic (exact) mass is 356 g/mol. The molecule has 0 aliphatic heterocycles. The lowest BCUT2D eigenvalue weighted by Crippen LogP contribution is -2.22. The van der Waals surface area contributed by atoms with Crippen molar-refractivity contribution < 1.29 is 13.9 Å². The summed E-state index contributed by atoms with van der Waals surface area (Å²) in [5.74, 6) is -0.454. The second-order valence-corrected chi connectivity index (χ2v) is 6.18. The number of halogens is 1. The summed E-state index contributed by atoms with van der Waals surface area (Å²) in [5.41, 5.74) is 3.02. The van der Waals surface area contributed by atoms with E-state index in [0.29, 0.717) is 12.1 Å². The fraction of sp³-hybridized carbons (Fsp3) is 0.286. The van der Waals surface area contributed by atoms with Gasteiger partial charge in [-0.05, 0) is 54.3 Å². The lowest BCUT2D eigenvalue weighted by atomic mass is 10.1. The van der Waals surface area contributed by atoms with Crippen LogP contribution >= 0.6 is 0 Å². The zero-order chi connectivity index (χ0) is 18.9. The Morgan fingerprint density at radius 3 is 2.54 bits per heavy atom. The van der Waals surface area contributed by atoms with Crippen LogP contribution in [0.15, 0.2) is 48.5 Å². The zero-order valence-electron chi connectivity index (χ0n) is 15.5. The van der Waals surface area contributed by atoms with Gasteiger partial charge in [-0.3, -0.25) is 4.79 Å². The minimum absolute atomic E-state index is 0.185. The Morgan fingerprint density at radius 1 is 1.19 bits per heavy atom. The summed E-state index contributed by atoms with van der Waals surface area (Å²) in [6.45, 7) is 0.593. The van der Waals surface area contributed by atoms with Gasteiger partial charge in [0.25, 0.3) is 0 Å². The first-order chi connectivity index (χ1) is 12.5. The molecule has 0 bridgehead atoms. The molecule has 0 heterocycles. The maximum absolute atomic E-state index is 13.6.